The van der Waals surface area contributed by atoms with Crippen molar-refractivity contribution in [1.29, 1.82) is 0 Å². The van der Waals surface area contributed by atoms with Gasteiger partial charge in [-0.15, -0.1) is 0 Å². The molecule has 358 valence electrons. The van der Waals surface area contributed by atoms with E-state index in [0.717, 1.165) is 72.9 Å². The average Bonchev–Trinajstić information content (AvgIpc) is 3.74. The molecule has 10 aromatic carbocycles. The van der Waals surface area contributed by atoms with Crippen molar-refractivity contribution in [2.45, 2.75) is 62.3 Å². The highest BCUT2D eigenvalue weighted by atomic mass is 16.3. The maximum atomic E-state index is 6.28. The Labute approximate surface area is 431 Å². The molecule has 0 saturated heterocycles. The third-order valence-electron chi connectivity index (χ3n) is 14.4. The molecular formula is C69H61N3O. The van der Waals surface area contributed by atoms with Crippen LogP contribution in [-0.4, -0.2) is 0 Å². The van der Waals surface area contributed by atoms with E-state index in [4.69, 9.17) is 4.42 Å². The van der Waals surface area contributed by atoms with Crippen molar-refractivity contribution in [2.75, 3.05) is 14.7 Å². The molecule has 0 saturated carbocycles. The molecule has 1 aromatic heterocycles. The van der Waals surface area contributed by atoms with Gasteiger partial charge >= 0.3 is 0 Å². The number of rotatable bonds is 11. The first-order valence-electron chi connectivity index (χ1n) is 25.4. The van der Waals surface area contributed by atoms with Gasteiger partial charge in [0.15, 0.2) is 0 Å². The van der Waals surface area contributed by atoms with E-state index < -0.39 is 0 Å². The van der Waals surface area contributed by atoms with E-state index in [0.29, 0.717) is 0 Å². The van der Waals surface area contributed by atoms with Crippen molar-refractivity contribution >= 4 is 73.1 Å². The zero-order valence-corrected chi connectivity index (χ0v) is 43.4. The number of aryl methyl sites for hydroxylation is 9. The van der Waals surface area contributed by atoms with Crippen molar-refractivity contribution in [3.8, 4) is 22.3 Å². The molecule has 11 aromatic rings. The van der Waals surface area contributed by atoms with Crippen LogP contribution in [0.2, 0.25) is 0 Å². The smallest absolute Gasteiger partial charge is 0.135 e. The van der Waals surface area contributed by atoms with E-state index in [-0.39, 0.29) is 0 Å². The summed E-state index contributed by atoms with van der Waals surface area (Å²) in [4.78, 5) is 7.14. The molecule has 0 aliphatic rings. The number of hydrogen-bond acceptors (Lipinski definition) is 4. The summed E-state index contributed by atoms with van der Waals surface area (Å²) in [6.45, 7) is 19.6. The molecule has 1 heterocycles. The lowest BCUT2D eigenvalue weighted by atomic mass is 10.0. The minimum absolute atomic E-state index is 0.892. The summed E-state index contributed by atoms with van der Waals surface area (Å²) >= 11 is 0. The molecule has 0 fully saturated rings. The fourth-order valence-electron chi connectivity index (χ4n) is 10.7. The van der Waals surface area contributed by atoms with Crippen molar-refractivity contribution in [3.05, 3.63) is 256 Å². The van der Waals surface area contributed by atoms with Gasteiger partial charge in [0.05, 0.1) is 0 Å². The van der Waals surface area contributed by atoms with Crippen LogP contribution in [0.25, 0.3) is 44.2 Å². The number of furan rings is 1. The Morgan fingerprint density at radius 2 is 0.493 bits per heavy atom. The first-order chi connectivity index (χ1) is 35.3. The van der Waals surface area contributed by atoms with Gasteiger partial charge in [-0.3, -0.25) is 0 Å². The minimum atomic E-state index is 0.892. The van der Waals surface area contributed by atoms with Crippen LogP contribution in [0.4, 0.5) is 51.2 Å². The quantitative estimate of drug-likeness (QED) is 0.129. The van der Waals surface area contributed by atoms with E-state index in [1.54, 1.807) is 0 Å². The van der Waals surface area contributed by atoms with Crippen molar-refractivity contribution < 1.29 is 4.42 Å². The van der Waals surface area contributed by atoms with Gasteiger partial charge < -0.3 is 19.1 Å². The Hall–Kier alpha value is -8.60. The molecule has 0 aliphatic heterocycles. The average molecular weight is 948 g/mol. The van der Waals surface area contributed by atoms with Crippen molar-refractivity contribution in [3.63, 3.8) is 0 Å². The van der Waals surface area contributed by atoms with Crippen LogP contribution in [0.5, 0.6) is 0 Å². The predicted molar refractivity (Wildman–Crippen MR) is 311 cm³/mol. The maximum Gasteiger partial charge on any atom is 0.135 e. The second-order valence-corrected chi connectivity index (χ2v) is 20.1. The third-order valence-corrected chi connectivity index (χ3v) is 14.4. The van der Waals surface area contributed by atoms with E-state index in [2.05, 4.69) is 283 Å². The molecule has 0 aliphatic carbocycles. The number of anilines is 9. The topological polar surface area (TPSA) is 22.9 Å². The molecule has 0 amide bonds. The maximum absolute atomic E-state index is 6.28. The summed E-state index contributed by atoms with van der Waals surface area (Å²) < 4.78 is 6.28. The lowest BCUT2D eigenvalue weighted by Crippen LogP contribution is -2.13. The van der Waals surface area contributed by atoms with Crippen LogP contribution in [-0.2, 0) is 0 Å². The summed E-state index contributed by atoms with van der Waals surface area (Å²) in [5.74, 6) is 0. The molecule has 4 heteroatoms. The van der Waals surface area contributed by atoms with Gasteiger partial charge in [-0.2, -0.15) is 0 Å². The third kappa shape index (κ3) is 9.18. The van der Waals surface area contributed by atoms with Gasteiger partial charge in [0, 0.05) is 62.0 Å². The SMILES string of the molecule is Cc1ccc(N(c2ccc(-c3ccc(N(c4ccc5oc6ccc(C)cc6c5c4)c4ccc(C)cc4C)cc3)cc2)c2ccc(-c3ccc(N(c4ccc(C)cc4C)c4ccc(C)cc4C)cc3)cc2)c(C)c1. The molecule has 73 heavy (non-hydrogen) atoms. The predicted octanol–water partition coefficient (Wildman–Crippen LogP) is 20.1. The lowest BCUT2D eigenvalue weighted by molar-refractivity contribution is 0.669. The van der Waals surface area contributed by atoms with Crippen LogP contribution in [0, 0.1) is 62.3 Å². The summed E-state index contributed by atoms with van der Waals surface area (Å²) in [7, 11) is 0. The van der Waals surface area contributed by atoms with Gasteiger partial charge in [-0.25, -0.2) is 0 Å². The van der Waals surface area contributed by atoms with E-state index in [1.807, 2.05) is 0 Å². The normalized spacial score (nSPS) is 11.4. The van der Waals surface area contributed by atoms with Crippen LogP contribution >= 0.6 is 0 Å². The minimum Gasteiger partial charge on any atom is -0.456 e. The zero-order valence-electron chi connectivity index (χ0n) is 43.4. The highest BCUT2D eigenvalue weighted by molar-refractivity contribution is 6.07. The summed E-state index contributed by atoms with van der Waals surface area (Å²) in [6.07, 6.45) is 0. The number of benzene rings is 10. The molecular weight excluding hydrogens is 887 g/mol. The largest absolute Gasteiger partial charge is 0.456 e. The Bertz CT molecular complexity index is 3770. The molecule has 0 atom stereocenters. The van der Waals surface area contributed by atoms with Crippen molar-refractivity contribution in [2.24, 2.45) is 0 Å². The molecule has 4 nitrogen and oxygen atoms in total. The standard InChI is InChI=1S/C69H61N3O/c1-44-10-32-64(49(6)38-44)70(58-25-17-54(18-26-58)56-21-29-60(30-22-56)72(66-34-12-46(3)40-51(66)8)67-35-13-47(4)41-52(67)9)57-23-15-53(16-24-57)55-19-27-59(28-20-55)71(65-33-11-45(2)39-50(65)7)61-31-37-69-63(43-61)62-42-48(5)14-36-68(62)73-69/h10-43H,1-9H3. The van der Waals surface area contributed by atoms with Crippen LogP contribution in [0.3, 0.4) is 0 Å². The lowest BCUT2D eigenvalue weighted by Gasteiger charge is -2.29. The molecule has 0 unspecified atom stereocenters. The number of hydrogen-bond donors (Lipinski definition) is 0. The first-order valence-corrected chi connectivity index (χ1v) is 25.4. The van der Waals surface area contributed by atoms with Gasteiger partial charge in [-0.05, 0) is 210 Å². The highest BCUT2D eigenvalue weighted by Gasteiger charge is 2.21. The zero-order chi connectivity index (χ0) is 50.5. The Kier molecular flexibility index (Phi) is 12.3. The Balaban J connectivity index is 0.894. The monoisotopic (exact) mass is 947 g/mol. The second kappa shape index (κ2) is 19.2. The molecule has 0 radical (unpaired) electrons. The number of nitrogens with zero attached hydrogens (tertiary/aromatic N) is 3. The van der Waals surface area contributed by atoms with Crippen LogP contribution in [0.15, 0.2) is 211 Å². The first kappa shape index (κ1) is 46.8. The second-order valence-electron chi connectivity index (χ2n) is 20.1. The van der Waals surface area contributed by atoms with E-state index in [9.17, 15) is 0 Å². The van der Waals surface area contributed by atoms with Crippen molar-refractivity contribution in [1.82, 2.24) is 0 Å². The van der Waals surface area contributed by atoms with Gasteiger partial charge in [0.2, 0.25) is 0 Å². The molecule has 11 rings (SSSR count). The Morgan fingerprint density at radius 3 is 0.849 bits per heavy atom. The fraction of sp³-hybridized carbons (Fsp3) is 0.130. The van der Waals surface area contributed by atoms with Gasteiger partial charge in [0.1, 0.15) is 11.2 Å². The molecule has 0 bridgehead atoms. The fourth-order valence-corrected chi connectivity index (χ4v) is 10.7. The molecule has 0 spiro atoms. The summed E-state index contributed by atoms with van der Waals surface area (Å²) in [5.41, 5.74) is 27.8. The van der Waals surface area contributed by atoms with Crippen LogP contribution in [0.1, 0.15) is 50.1 Å². The van der Waals surface area contributed by atoms with E-state index >= 15 is 0 Å². The highest BCUT2D eigenvalue weighted by Crippen LogP contribution is 2.44. The van der Waals surface area contributed by atoms with Gasteiger partial charge in [-0.1, -0.05) is 131 Å². The number of fused-ring (bicyclic) bond motifs is 3. The van der Waals surface area contributed by atoms with E-state index in [1.165, 1.54) is 72.6 Å². The summed E-state index contributed by atoms with van der Waals surface area (Å²) in [6, 6.07) is 75.8. The Morgan fingerprint density at radius 1 is 0.233 bits per heavy atom. The summed E-state index contributed by atoms with van der Waals surface area (Å²) in [5, 5.41) is 2.25. The van der Waals surface area contributed by atoms with Crippen LogP contribution < -0.4 is 14.7 Å². The molecule has 0 N–H and O–H groups in total. The van der Waals surface area contributed by atoms with Gasteiger partial charge in [0.25, 0.3) is 0 Å².